The molecule has 2 fully saturated rings. The van der Waals surface area contributed by atoms with E-state index in [0.717, 1.165) is 24.2 Å². The number of amides is 2. The molecule has 3 rings (SSSR count). The van der Waals surface area contributed by atoms with E-state index in [4.69, 9.17) is 10.5 Å². The second-order valence-electron chi connectivity index (χ2n) is 6.59. The van der Waals surface area contributed by atoms with Gasteiger partial charge in [-0.3, -0.25) is 9.59 Å². The fourth-order valence-electron chi connectivity index (χ4n) is 3.37. The van der Waals surface area contributed by atoms with E-state index < -0.39 is 5.41 Å². The summed E-state index contributed by atoms with van der Waals surface area (Å²) in [7, 11) is 0. The Balaban J connectivity index is 1.58. The van der Waals surface area contributed by atoms with Gasteiger partial charge in [0.25, 0.3) is 0 Å². The lowest BCUT2D eigenvalue weighted by Crippen LogP contribution is -2.48. The van der Waals surface area contributed by atoms with Crippen LogP contribution in [0.25, 0.3) is 0 Å². The van der Waals surface area contributed by atoms with Crippen LogP contribution in [0.15, 0.2) is 24.3 Å². The molecule has 2 aliphatic rings. The van der Waals surface area contributed by atoms with Crippen molar-refractivity contribution in [3.05, 3.63) is 29.8 Å². The lowest BCUT2D eigenvalue weighted by Gasteiger charge is -2.34. The molecule has 0 unspecified atom stereocenters. The summed E-state index contributed by atoms with van der Waals surface area (Å²) in [5, 5.41) is 3.00. The molecule has 0 saturated carbocycles. The van der Waals surface area contributed by atoms with Crippen molar-refractivity contribution >= 4 is 17.5 Å². The zero-order chi connectivity index (χ0) is 17.0. The predicted octanol–water partition coefficient (Wildman–Crippen LogP) is 1.19. The molecule has 3 N–H and O–H groups in total. The van der Waals surface area contributed by atoms with E-state index in [2.05, 4.69) is 5.32 Å². The summed E-state index contributed by atoms with van der Waals surface area (Å²) in [4.78, 5) is 26.1. The van der Waals surface area contributed by atoms with Crippen molar-refractivity contribution in [2.24, 2.45) is 11.1 Å². The van der Waals surface area contributed by atoms with E-state index in [1.54, 1.807) is 0 Å². The van der Waals surface area contributed by atoms with E-state index in [1.807, 2.05) is 29.2 Å². The summed E-state index contributed by atoms with van der Waals surface area (Å²) < 4.78 is 5.34. The fourth-order valence-corrected chi connectivity index (χ4v) is 3.37. The van der Waals surface area contributed by atoms with Crippen LogP contribution in [0.2, 0.25) is 0 Å². The first-order valence-corrected chi connectivity index (χ1v) is 8.60. The molecule has 24 heavy (non-hydrogen) atoms. The van der Waals surface area contributed by atoms with Gasteiger partial charge in [-0.15, -0.1) is 0 Å². The van der Waals surface area contributed by atoms with Crippen LogP contribution in [-0.2, 0) is 20.9 Å². The largest absolute Gasteiger partial charge is 0.381 e. The van der Waals surface area contributed by atoms with Gasteiger partial charge < -0.3 is 20.7 Å². The fraction of sp³-hybridized carbons (Fsp3) is 0.556. The second-order valence-corrected chi connectivity index (χ2v) is 6.59. The first-order chi connectivity index (χ1) is 11.6. The van der Waals surface area contributed by atoms with Crippen molar-refractivity contribution in [3.63, 3.8) is 0 Å². The van der Waals surface area contributed by atoms with Gasteiger partial charge in [0.1, 0.15) is 0 Å². The van der Waals surface area contributed by atoms with E-state index in [-0.39, 0.29) is 11.8 Å². The molecular weight excluding hydrogens is 306 g/mol. The van der Waals surface area contributed by atoms with Crippen LogP contribution in [0.1, 0.15) is 31.2 Å². The second kappa shape index (κ2) is 7.32. The van der Waals surface area contributed by atoms with Crippen molar-refractivity contribution in [2.75, 3.05) is 31.2 Å². The maximum Gasteiger partial charge on any atom is 0.227 e. The van der Waals surface area contributed by atoms with Gasteiger partial charge in [-0.2, -0.15) is 0 Å². The highest BCUT2D eigenvalue weighted by atomic mass is 16.5. The van der Waals surface area contributed by atoms with Crippen molar-refractivity contribution < 1.29 is 14.3 Å². The van der Waals surface area contributed by atoms with Crippen LogP contribution >= 0.6 is 0 Å². The SMILES string of the molecule is NCC1(C(=O)NCc2ccc(N3CCCC3=O)cc2)CCOCC1. The van der Waals surface area contributed by atoms with Crippen molar-refractivity contribution in [1.82, 2.24) is 5.32 Å². The van der Waals surface area contributed by atoms with Crippen molar-refractivity contribution in [1.29, 1.82) is 0 Å². The Labute approximate surface area is 142 Å². The number of rotatable bonds is 5. The number of ether oxygens (including phenoxy) is 1. The number of nitrogens with one attached hydrogen (secondary N) is 1. The molecule has 6 nitrogen and oxygen atoms in total. The molecule has 1 aromatic rings. The third-order valence-corrected chi connectivity index (χ3v) is 5.10. The van der Waals surface area contributed by atoms with Crippen LogP contribution in [0, 0.1) is 5.41 Å². The van der Waals surface area contributed by atoms with E-state index in [9.17, 15) is 9.59 Å². The van der Waals surface area contributed by atoms with Gasteiger partial charge in [0.2, 0.25) is 11.8 Å². The van der Waals surface area contributed by atoms with Crippen LogP contribution in [0.3, 0.4) is 0 Å². The molecule has 130 valence electrons. The molecule has 0 bridgehead atoms. The first kappa shape index (κ1) is 16.9. The number of nitrogens with zero attached hydrogens (tertiary/aromatic N) is 1. The van der Waals surface area contributed by atoms with Gasteiger partial charge in [-0.1, -0.05) is 12.1 Å². The summed E-state index contributed by atoms with van der Waals surface area (Å²) in [5.41, 5.74) is 7.30. The molecule has 2 amide bonds. The van der Waals surface area contributed by atoms with Crippen LogP contribution in [-0.4, -0.2) is 38.1 Å². The number of hydrogen-bond donors (Lipinski definition) is 2. The number of anilines is 1. The van der Waals surface area contributed by atoms with Gasteiger partial charge in [-0.25, -0.2) is 0 Å². The quantitative estimate of drug-likeness (QED) is 0.849. The molecular formula is C18H25N3O3. The summed E-state index contributed by atoms with van der Waals surface area (Å²) in [5.74, 6) is 0.188. The van der Waals surface area contributed by atoms with Gasteiger partial charge in [0.15, 0.2) is 0 Å². The molecule has 1 aromatic carbocycles. The smallest absolute Gasteiger partial charge is 0.227 e. The Morgan fingerprint density at radius 3 is 2.54 bits per heavy atom. The maximum atomic E-state index is 12.5. The highest BCUT2D eigenvalue weighted by molar-refractivity contribution is 5.95. The Hall–Kier alpha value is -1.92. The van der Waals surface area contributed by atoms with Crippen LogP contribution < -0.4 is 16.0 Å². The zero-order valence-electron chi connectivity index (χ0n) is 13.9. The average molecular weight is 331 g/mol. The summed E-state index contributed by atoms with van der Waals surface area (Å²) in [6.45, 7) is 2.77. The first-order valence-electron chi connectivity index (χ1n) is 8.60. The Morgan fingerprint density at radius 1 is 1.25 bits per heavy atom. The molecule has 2 aliphatic heterocycles. The van der Waals surface area contributed by atoms with Gasteiger partial charge >= 0.3 is 0 Å². The van der Waals surface area contributed by atoms with E-state index >= 15 is 0 Å². The number of benzene rings is 1. The zero-order valence-corrected chi connectivity index (χ0v) is 13.9. The highest BCUT2D eigenvalue weighted by Gasteiger charge is 2.38. The topological polar surface area (TPSA) is 84.7 Å². The predicted molar refractivity (Wildman–Crippen MR) is 91.4 cm³/mol. The Morgan fingerprint density at radius 2 is 1.96 bits per heavy atom. The van der Waals surface area contributed by atoms with Crippen molar-refractivity contribution in [2.45, 2.75) is 32.2 Å². The minimum atomic E-state index is -0.500. The Kier molecular flexibility index (Phi) is 5.16. The molecule has 0 aliphatic carbocycles. The number of nitrogens with two attached hydrogens (primary N) is 1. The number of carbonyl (C=O) groups excluding carboxylic acids is 2. The van der Waals surface area contributed by atoms with Crippen LogP contribution in [0.4, 0.5) is 5.69 Å². The minimum Gasteiger partial charge on any atom is -0.381 e. The summed E-state index contributed by atoms with van der Waals surface area (Å²) >= 11 is 0. The van der Waals surface area contributed by atoms with Gasteiger partial charge in [0, 0.05) is 45.0 Å². The number of hydrogen-bond acceptors (Lipinski definition) is 4. The third-order valence-electron chi connectivity index (χ3n) is 5.10. The summed E-state index contributed by atoms with van der Waals surface area (Å²) in [6, 6.07) is 7.80. The molecule has 0 radical (unpaired) electrons. The normalized spacial score (nSPS) is 20.2. The lowest BCUT2D eigenvalue weighted by molar-refractivity contribution is -0.136. The highest BCUT2D eigenvalue weighted by Crippen LogP contribution is 2.29. The molecule has 2 heterocycles. The van der Waals surface area contributed by atoms with Gasteiger partial charge in [0.05, 0.1) is 5.41 Å². The van der Waals surface area contributed by atoms with Crippen molar-refractivity contribution in [3.8, 4) is 0 Å². The molecule has 6 heteroatoms. The minimum absolute atomic E-state index is 0.00657. The van der Waals surface area contributed by atoms with Crippen LogP contribution in [0.5, 0.6) is 0 Å². The monoisotopic (exact) mass is 331 g/mol. The van der Waals surface area contributed by atoms with Gasteiger partial charge in [-0.05, 0) is 37.0 Å². The average Bonchev–Trinajstić information content (AvgIpc) is 3.06. The molecule has 0 aromatic heterocycles. The van der Waals surface area contributed by atoms with E-state index in [0.29, 0.717) is 45.6 Å². The third kappa shape index (κ3) is 3.44. The maximum absolute atomic E-state index is 12.5. The van der Waals surface area contributed by atoms with E-state index in [1.165, 1.54) is 0 Å². The molecule has 0 atom stereocenters. The molecule has 0 spiro atoms. The standard InChI is InChI=1S/C18H25N3O3/c19-13-18(7-10-24-11-8-18)17(23)20-12-14-3-5-15(6-4-14)21-9-1-2-16(21)22/h3-6H,1-2,7-13,19H2,(H,20,23). The number of carbonyl (C=O) groups is 2. The molecule has 2 saturated heterocycles. The Bertz CT molecular complexity index is 594. The lowest BCUT2D eigenvalue weighted by atomic mass is 9.79. The summed E-state index contributed by atoms with van der Waals surface area (Å²) in [6.07, 6.45) is 2.89.